The molecule has 1 aromatic carbocycles. The van der Waals surface area contributed by atoms with Gasteiger partial charge in [0.15, 0.2) is 5.84 Å². The van der Waals surface area contributed by atoms with Gasteiger partial charge >= 0.3 is 0 Å². The van der Waals surface area contributed by atoms with E-state index in [1.165, 1.54) is 19.3 Å². The second kappa shape index (κ2) is 5.95. The van der Waals surface area contributed by atoms with E-state index in [9.17, 15) is 0 Å². The van der Waals surface area contributed by atoms with E-state index in [0.29, 0.717) is 0 Å². The maximum Gasteiger partial charge on any atom is 0.172 e. The zero-order chi connectivity index (χ0) is 13.8. The van der Waals surface area contributed by atoms with Crippen LogP contribution in [0.3, 0.4) is 0 Å². The van der Waals surface area contributed by atoms with Crippen LogP contribution in [0.2, 0.25) is 0 Å². The summed E-state index contributed by atoms with van der Waals surface area (Å²) in [5.74, 6) is 0.979. The molecule has 104 valence electrons. The maximum atomic E-state index is 8.94. The van der Waals surface area contributed by atoms with Crippen molar-refractivity contribution in [1.82, 2.24) is 0 Å². The largest absolute Gasteiger partial charge is 0.409 e. The van der Waals surface area contributed by atoms with Crippen molar-refractivity contribution < 1.29 is 5.21 Å². The summed E-state index contributed by atoms with van der Waals surface area (Å²) in [7, 11) is 0. The van der Waals surface area contributed by atoms with Gasteiger partial charge in [-0.3, -0.25) is 0 Å². The standard InChI is InChI=1S/C15H23N3O/c1-3-18(10-12-5-4-6-12)14-8-7-11(2)9-13(14)15(16)17-19/h7-9,12,19H,3-6,10H2,1-2H3,(H2,16,17). The predicted octanol–water partition coefficient (Wildman–Crippen LogP) is 2.72. The summed E-state index contributed by atoms with van der Waals surface area (Å²) >= 11 is 0. The maximum absolute atomic E-state index is 8.94. The first kappa shape index (κ1) is 13.7. The Labute approximate surface area is 114 Å². The van der Waals surface area contributed by atoms with E-state index in [1.807, 2.05) is 13.0 Å². The molecule has 0 bridgehead atoms. The van der Waals surface area contributed by atoms with Crippen LogP contribution in [0, 0.1) is 12.8 Å². The number of benzene rings is 1. The quantitative estimate of drug-likeness (QED) is 0.371. The number of aryl methyl sites for hydroxylation is 1. The molecule has 4 heteroatoms. The number of hydrogen-bond donors (Lipinski definition) is 2. The van der Waals surface area contributed by atoms with Crippen LogP contribution < -0.4 is 10.6 Å². The summed E-state index contributed by atoms with van der Waals surface area (Å²) in [6.07, 6.45) is 3.99. The molecule has 0 unspecified atom stereocenters. The van der Waals surface area contributed by atoms with E-state index in [0.717, 1.165) is 35.8 Å². The number of nitrogens with two attached hydrogens (primary N) is 1. The van der Waals surface area contributed by atoms with Gasteiger partial charge in [0.2, 0.25) is 0 Å². The highest BCUT2D eigenvalue weighted by Gasteiger charge is 2.22. The Bertz CT molecular complexity index is 466. The van der Waals surface area contributed by atoms with Gasteiger partial charge in [0.05, 0.1) is 0 Å². The van der Waals surface area contributed by atoms with Crippen molar-refractivity contribution in [3.05, 3.63) is 29.3 Å². The molecule has 1 aromatic rings. The molecular weight excluding hydrogens is 238 g/mol. The first-order chi connectivity index (χ1) is 9.15. The lowest BCUT2D eigenvalue weighted by atomic mass is 9.85. The SMILES string of the molecule is CCN(CC1CCC1)c1ccc(C)cc1/C(N)=N/O. The summed E-state index contributed by atoms with van der Waals surface area (Å²) in [5, 5.41) is 12.1. The lowest BCUT2D eigenvalue weighted by molar-refractivity contribution is 0.317. The number of rotatable bonds is 5. The van der Waals surface area contributed by atoms with Crippen LogP contribution in [0.1, 0.15) is 37.3 Å². The number of amidine groups is 1. The molecule has 1 aliphatic rings. The lowest BCUT2D eigenvalue weighted by Crippen LogP contribution is -2.34. The van der Waals surface area contributed by atoms with E-state index in [-0.39, 0.29) is 5.84 Å². The highest BCUT2D eigenvalue weighted by Crippen LogP contribution is 2.30. The van der Waals surface area contributed by atoms with Crippen molar-refractivity contribution in [2.24, 2.45) is 16.8 Å². The molecule has 0 saturated heterocycles. The Hall–Kier alpha value is -1.71. The van der Waals surface area contributed by atoms with Gasteiger partial charge in [0, 0.05) is 24.3 Å². The summed E-state index contributed by atoms with van der Waals surface area (Å²) in [4.78, 5) is 2.33. The fraction of sp³-hybridized carbons (Fsp3) is 0.533. The van der Waals surface area contributed by atoms with Crippen LogP contribution in [-0.2, 0) is 0 Å². The highest BCUT2D eigenvalue weighted by atomic mass is 16.4. The third-order valence-corrected chi connectivity index (χ3v) is 3.96. The van der Waals surface area contributed by atoms with Gasteiger partial charge in [0.1, 0.15) is 0 Å². The molecular formula is C15H23N3O. The zero-order valence-electron chi connectivity index (χ0n) is 11.8. The van der Waals surface area contributed by atoms with Crippen LogP contribution in [0.25, 0.3) is 0 Å². The zero-order valence-corrected chi connectivity index (χ0v) is 11.8. The summed E-state index contributed by atoms with van der Waals surface area (Å²) in [6.45, 7) is 6.16. The monoisotopic (exact) mass is 261 g/mol. The first-order valence-corrected chi connectivity index (χ1v) is 6.99. The van der Waals surface area contributed by atoms with Crippen molar-refractivity contribution >= 4 is 11.5 Å². The molecule has 1 fully saturated rings. The molecule has 1 saturated carbocycles. The summed E-state index contributed by atoms with van der Waals surface area (Å²) in [6, 6.07) is 6.13. The summed E-state index contributed by atoms with van der Waals surface area (Å²) in [5.41, 5.74) is 8.81. The second-order valence-corrected chi connectivity index (χ2v) is 5.34. The topological polar surface area (TPSA) is 61.8 Å². The second-order valence-electron chi connectivity index (χ2n) is 5.34. The van der Waals surface area contributed by atoms with Gasteiger partial charge in [-0.25, -0.2) is 0 Å². The molecule has 0 radical (unpaired) electrons. The molecule has 2 rings (SSSR count). The highest BCUT2D eigenvalue weighted by molar-refractivity contribution is 6.02. The molecule has 0 spiro atoms. The molecule has 0 atom stereocenters. The molecule has 3 N–H and O–H groups in total. The third-order valence-electron chi connectivity index (χ3n) is 3.96. The van der Waals surface area contributed by atoms with E-state index >= 15 is 0 Å². The van der Waals surface area contributed by atoms with Crippen LogP contribution in [-0.4, -0.2) is 24.1 Å². The van der Waals surface area contributed by atoms with Crippen LogP contribution >= 0.6 is 0 Å². The van der Waals surface area contributed by atoms with Gasteiger partial charge in [-0.1, -0.05) is 23.2 Å². The Kier molecular flexibility index (Phi) is 4.30. The Morgan fingerprint density at radius 1 is 1.47 bits per heavy atom. The minimum atomic E-state index is 0.186. The first-order valence-electron chi connectivity index (χ1n) is 6.99. The van der Waals surface area contributed by atoms with Crippen molar-refractivity contribution in [3.8, 4) is 0 Å². The Morgan fingerprint density at radius 2 is 2.21 bits per heavy atom. The van der Waals surface area contributed by atoms with Crippen LogP contribution in [0.4, 0.5) is 5.69 Å². The Balaban J connectivity index is 2.29. The minimum Gasteiger partial charge on any atom is -0.409 e. The molecule has 0 aromatic heterocycles. The molecule has 4 nitrogen and oxygen atoms in total. The molecule has 19 heavy (non-hydrogen) atoms. The van der Waals surface area contributed by atoms with E-state index in [1.54, 1.807) is 0 Å². The number of nitrogens with zero attached hydrogens (tertiary/aromatic N) is 2. The van der Waals surface area contributed by atoms with Gasteiger partial charge in [-0.05, 0) is 44.7 Å². The minimum absolute atomic E-state index is 0.186. The number of oxime groups is 1. The van der Waals surface area contributed by atoms with E-state index < -0.39 is 0 Å². The van der Waals surface area contributed by atoms with Crippen molar-refractivity contribution in [2.45, 2.75) is 33.1 Å². The fourth-order valence-electron chi connectivity index (χ4n) is 2.57. The molecule has 0 aliphatic heterocycles. The fourth-order valence-corrected chi connectivity index (χ4v) is 2.57. The normalized spacial score (nSPS) is 16.2. The molecule has 1 aliphatic carbocycles. The van der Waals surface area contributed by atoms with Crippen molar-refractivity contribution in [3.63, 3.8) is 0 Å². The van der Waals surface area contributed by atoms with Gasteiger partial charge in [-0.2, -0.15) is 0 Å². The smallest absolute Gasteiger partial charge is 0.172 e. The average molecular weight is 261 g/mol. The van der Waals surface area contributed by atoms with Gasteiger partial charge < -0.3 is 15.8 Å². The number of anilines is 1. The van der Waals surface area contributed by atoms with Crippen LogP contribution in [0.15, 0.2) is 23.4 Å². The van der Waals surface area contributed by atoms with E-state index in [4.69, 9.17) is 10.9 Å². The lowest BCUT2D eigenvalue weighted by Gasteiger charge is -2.34. The molecule has 0 amide bonds. The van der Waals surface area contributed by atoms with Crippen molar-refractivity contribution in [1.29, 1.82) is 0 Å². The van der Waals surface area contributed by atoms with Gasteiger partial charge in [0.25, 0.3) is 0 Å². The van der Waals surface area contributed by atoms with Gasteiger partial charge in [-0.15, -0.1) is 0 Å². The van der Waals surface area contributed by atoms with Crippen LogP contribution in [0.5, 0.6) is 0 Å². The number of hydrogen-bond acceptors (Lipinski definition) is 3. The third kappa shape index (κ3) is 3.00. The van der Waals surface area contributed by atoms with Crippen molar-refractivity contribution in [2.75, 3.05) is 18.0 Å². The van der Waals surface area contributed by atoms with E-state index in [2.05, 4.69) is 29.1 Å². The average Bonchev–Trinajstić information content (AvgIpc) is 2.37. The predicted molar refractivity (Wildman–Crippen MR) is 78.9 cm³/mol. The Morgan fingerprint density at radius 3 is 2.74 bits per heavy atom. The summed E-state index contributed by atoms with van der Waals surface area (Å²) < 4.78 is 0. The molecule has 0 heterocycles.